The van der Waals surface area contributed by atoms with Gasteiger partial charge in [0.05, 0.1) is 5.56 Å². The molecule has 1 nitrogen and oxygen atoms in total. The summed E-state index contributed by atoms with van der Waals surface area (Å²) < 4.78 is 59.6. The van der Waals surface area contributed by atoms with Gasteiger partial charge >= 0.3 is 6.61 Å². The average Bonchev–Trinajstić information content (AvgIpc) is 2.79. The summed E-state index contributed by atoms with van der Waals surface area (Å²) in [7, 11) is 0. The van der Waals surface area contributed by atoms with Crippen LogP contribution in [-0.4, -0.2) is 6.61 Å². The summed E-state index contributed by atoms with van der Waals surface area (Å²) in [6.07, 6.45) is 8.36. The molecule has 0 unspecified atom stereocenters. The normalized spacial score (nSPS) is 12.5. The lowest BCUT2D eigenvalue weighted by Crippen LogP contribution is -2.09. The molecule has 0 spiro atoms. The fraction of sp³-hybridized carbons (Fsp3) is 0.357. The van der Waals surface area contributed by atoms with Crippen LogP contribution in [0.15, 0.2) is 48.5 Å². The van der Waals surface area contributed by atoms with Crippen LogP contribution in [0.3, 0.4) is 0 Å². The second-order valence-electron chi connectivity index (χ2n) is 8.63. The van der Waals surface area contributed by atoms with Gasteiger partial charge in [-0.2, -0.15) is 8.78 Å². The Morgan fingerprint density at radius 2 is 1.61 bits per heavy atom. The highest BCUT2D eigenvalue weighted by atomic mass is 19.3. The molecule has 3 aromatic carbocycles. The van der Waals surface area contributed by atoms with Crippen molar-refractivity contribution in [3.8, 4) is 28.0 Å². The number of rotatable bonds is 9. The van der Waals surface area contributed by atoms with E-state index in [2.05, 4.69) is 23.8 Å². The van der Waals surface area contributed by atoms with Crippen LogP contribution in [0.4, 0.5) is 17.6 Å². The van der Waals surface area contributed by atoms with Gasteiger partial charge in [-0.15, -0.1) is 0 Å². The first-order chi connectivity index (χ1) is 16.0. The fourth-order valence-corrected chi connectivity index (χ4v) is 4.68. The number of ether oxygens (including phenoxy) is 1. The Balaban J connectivity index is 1.59. The molecule has 0 aromatic heterocycles. The number of unbranched alkanes of at least 4 members (excludes halogenated alkanes) is 4. The minimum absolute atomic E-state index is 0.0531. The van der Waals surface area contributed by atoms with E-state index in [1.807, 2.05) is 6.07 Å². The first-order valence-electron chi connectivity index (χ1n) is 11.7. The average molecular weight is 457 g/mol. The largest absolute Gasteiger partial charge is 0.435 e. The van der Waals surface area contributed by atoms with Crippen LogP contribution in [0, 0.1) is 11.6 Å². The van der Waals surface area contributed by atoms with Crippen molar-refractivity contribution in [3.05, 3.63) is 76.9 Å². The summed E-state index contributed by atoms with van der Waals surface area (Å²) in [6.45, 7) is -0.744. The van der Waals surface area contributed by atoms with Crippen LogP contribution in [0.2, 0.25) is 0 Å². The molecular weight excluding hydrogens is 428 g/mol. The zero-order valence-corrected chi connectivity index (χ0v) is 18.8. The molecule has 0 saturated heterocycles. The molecule has 33 heavy (non-hydrogen) atoms. The van der Waals surface area contributed by atoms with Crippen LogP contribution in [0.25, 0.3) is 22.3 Å². The van der Waals surface area contributed by atoms with Gasteiger partial charge in [0.2, 0.25) is 0 Å². The third-order valence-electron chi connectivity index (χ3n) is 6.36. The monoisotopic (exact) mass is 456 g/mol. The molecule has 4 rings (SSSR count). The van der Waals surface area contributed by atoms with Crippen molar-refractivity contribution < 1.29 is 22.3 Å². The molecule has 0 heterocycles. The van der Waals surface area contributed by atoms with E-state index < -0.39 is 18.2 Å². The summed E-state index contributed by atoms with van der Waals surface area (Å²) in [5.41, 5.74) is 4.55. The molecule has 1 aliphatic carbocycles. The molecule has 0 bridgehead atoms. The number of alkyl halides is 2. The summed E-state index contributed by atoms with van der Waals surface area (Å²) in [5, 5.41) is 0. The minimum atomic E-state index is -2.95. The smallest absolute Gasteiger partial charge is 0.387 e. The molecular formula is C28H28F4O. The summed E-state index contributed by atoms with van der Waals surface area (Å²) in [4.78, 5) is 0. The molecule has 1 aliphatic rings. The lowest BCUT2D eigenvalue weighted by atomic mass is 9.82. The molecule has 3 aromatic rings. The van der Waals surface area contributed by atoms with E-state index in [1.54, 1.807) is 0 Å². The molecule has 0 aliphatic heterocycles. The molecule has 0 N–H and O–H groups in total. The molecule has 5 heteroatoms. The van der Waals surface area contributed by atoms with Crippen LogP contribution < -0.4 is 4.74 Å². The lowest BCUT2D eigenvalue weighted by Gasteiger charge is -2.23. The Morgan fingerprint density at radius 3 is 2.33 bits per heavy atom. The second kappa shape index (κ2) is 10.4. The van der Waals surface area contributed by atoms with Crippen molar-refractivity contribution in [3.63, 3.8) is 0 Å². The second-order valence-corrected chi connectivity index (χ2v) is 8.63. The summed E-state index contributed by atoms with van der Waals surface area (Å²) >= 11 is 0. The molecule has 0 amide bonds. The Hall–Kier alpha value is -2.82. The van der Waals surface area contributed by atoms with Gasteiger partial charge in [0.1, 0.15) is 17.4 Å². The highest BCUT2D eigenvalue weighted by Gasteiger charge is 2.25. The molecule has 0 atom stereocenters. The predicted molar refractivity (Wildman–Crippen MR) is 124 cm³/mol. The minimum Gasteiger partial charge on any atom is -0.435 e. The number of hydrogen-bond donors (Lipinski definition) is 0. The van der Waals surface area contributed by atoms with Crippen LogP contribution in [0.5, 0.6) is 5.75 Å². The van der Waals surface area contributed by atoms with Crippen molar-refractivity contribution in [2.45, 2.75) is 64.9 Å². The van der Waals surface area contributed by atoms with Crippen LogP contribution >= 0.6 is 0 Å². The molecule has 174 valence electrons. The third-order valence-corrected chi connectivity index (χ3v) is 6.36. The summed E-state index contributed by atoms with van der Waals surface area (Å²) in [5.74, 6) is -1.30. The number of hydrogen-bond acceptors (Lipinski definition) is 1. The van der Waals surface area contributed by atoms with E-state index in [1.165, 1.54) is 61.6 Å². The quantitative estimate of drug-likeness (QED) is 0.232. The number of aryl methyl sites for hydroxylation is 2. The Kier molecular flexibility index (Phi) is 7.36. The Bertz CT molecular complexity index is 1110. The van der Waals surface area contributed by atoms with Gasteiger partial charge in [-0.05, 0) is 77.3 Å². The van der Waals surface area contributed by atoms with E-state index >= 15 is 8.78 Å². The highest BCUT2D eigenvalue weighted by molar-refractivity contribution is 5.78. The Morgan fingerprint density at radius 1 is 0.848 bits per heavy atom. The number of benzene rings is 3. The van der Waals surface area contributed by atoms with Crippen LogP contribution in [0.1, 0.15) is 55.7 Å². The topological polar surface area (TPSA) is 9.23 Å². The summed E-state index contributed by atoms with van der Waals surface area (Å²) in [6, 6.07) is 13.0. The number of fused-ring (bicyclic) bond motifs is 3. The maximum Gasteiger partial charge on any atom is 0.387 e. The lowest BCUT2D eigenvalue weighted by molar-refractivity contribution is -0.0498. The van der Waals surface area contributed by atoms with Gasteiger partial charge in [0, 0.05) is 0 Å². The zero-order valence-electron chi connectivity index (χ0n) is 18.8. The van der Waals surface area contributed by atoms with E-state index in [4.69, 9.17) is 0 Å². The van der Waals surface area contributed by atoms with Gasteiger partial charge in [-0.25, -0.2) is 8.78 Å². The third kappa shape index (κ3) is 5.23. The van der Waals surface area contributed by atoms with E-state index in [0.717, 1.165) is 24.0 Å². The van der Waals surface area contributed by atoms with Crippen molar-refractivity contribution >= 4 is 0 Å². The molecule has 0 radical (unpaired) electrons. The maximum absolute atomic E-state index is 15.5. The van der Waals surface area contributed by atoms with Crippen molar-refractivity contribution in [1.29, 1.82) is 0 Å². The van der Waals surface area contributed by atoms with Crippen molar-refractivity contribution in [2.75, 3.05) is 0 Å². The number of halogens is 4. The zero-order chi connectivity index (χ0) is 23.4. The SMILES string of the molecule is CCCCCCCc1ccc2c(c1)CCc1c-2cc(F)c(-c2ccc(OC(F)F)cc2)c1F. The van der Waals surface area contributed by atoms with Gasteiger partial charge in [0.25, 0.3) is 0 Å². The molecule has 0 fully saturated rings. The predicted octanol–water partition coefficient (Wildman–Crippen LogP) is 8.51. The fourth-order valence-electron chi connectivity index (χ4n) is 4.68. The first kappa shape index (κ1) is 23.3. The van der Waals surface area contributed by atoms with Gasteiger partial charge in [-0.3, -0.25) is 0 Å². The van der Waals surface area contributed by atoms with Crippen molar-refractivity contribution in [1.82, 2.24) is 0 Å². The Labute approximate surface area is 192 Å². The van der Waals surface area contributed by atoms with E-state index in [9.17, 15) is 8.78 Å². The van der Waals surface area contributed by atoms with Crippen molar-refractivity contribution in [2.24, 2.45) is 0 Å². The molecule has 0 saturated carbocycles. The van der Waals surface area contributed by atoms with E-state index in [0.29, 0.717) is 29.5 Å². The van der Waals surface area contributed by atoms with Crippen LogP contribution in [-0.2, 0) is 19.3 Å². The van der Waals surface area contributed by atoms with Gasteiger partial charge in [-0.1, -0.05) is 62.9 Å². The van der Waals surface area contributed by atoms with Gasteiger partial charge < -0.3 is 4.74 Å². The standard InChI is InChI=1S/C28H28F4O/c1-2-3-4-5-6-7-18-8-14-22-20(16-18)11-15-23-24(22)17-25(29)26(27(23)30)19-9-12-21(13-10-19)33-28(31)32/h8-10,12-14,16-17,28H,2-7,11,15H2,1H3. The highest BCUT2D eigenvalue weighted by Crippen LogP contribution is 2.40. The van der Waals surface area contributed by atoms with Gasteiger partial charge in [0.15, 0.2) is 0 Å². The van der Waals surface area contributed by atoms with E-state index in [-0.39, 0.29) is 11.3 Å². The first-order valence-corrected chi connectivity index (χ1v) is 11.7. The maximum atomic E-state index is 15.5.